The number of aryl methyl sites for hydroxylation is 1. The molecule has 0 N–H and O–H groups in total. The van der Waals surface area contributed by atoms with Crippen LogP contribution in [0.25, 0.3) is 4.83 Å². The number of halogens is 1. The zero-order chi connectivity index (χ0) is 8.72. The van der Waals surface area contributed by atoms with Crippen LogP contribution in [-0.2, 0) is 0 Å². The lowest BCUT2D eigenvalue weighted by Crippen LogP contribution is -2.12. The fourth-order valence-corrected chi connectivity index (χ4v) is 2.04. The van der Waals surface area contributed by atoms with Gasteiger partial charge in [-0.05, 0) is 13.0 Å². The molecule has 0 atom stereocenters. The van der Waals surface area contributed by atoms with Crippen molar-refractivity contribution >= 4 is 16.2 Å². The van der Waals surface area contributed by atoms with Crippen LogP contribution in [0.15, 0.2) is 22.3 Å². The zero-order valence-corrected chi connectivity index (χ0v) is 7.19. The van der Waals surface area contributed by atoms with Crippen molar-refractivity contribution in [1.29, 1.82) is 0 Å². The van der Waals surface area contributed by atoms with Crippen molar-refractivity contribution < 1.29 is 4.39 Å². The van der Waals surface area contributed by atoms with Crippen molar-refractivity contribution in [2.24, 2.45) is 0 Å². The summed E-state index contributed by atoms with van der Waals surface area (Å²) in [4.78, 5) is 11.6. The molecule has 0 unspecified atom stereocenters. The number of thiazole rings is 1. The third-order valence-corrected chi connectivity index (χ3v) is 2.75. The first-order chi connectivity index (χ1) is 5.70. The quantitative estimate of drug-likeness (QED) is 0.610. The molecule has 0 fully saturated rings. The molecule has 4 heteroatoms. The summed E-state index contributed by atoms with van der Waals surface area (Å²) >= 11 is 1.24. The van der Waals surface area contributed by atoms with Gasteiger partial charge in [0.05, 0.1) is 0 Å². The molecular formula is C8H6FNOS. The molecular weight excluding hydrogens is 177 g/mol. The Balaban J connectivity index is 3.09. The molecule has 2 nitrogen and oxygen atoms in total. The normalized spacial score (nSPS) is 10.8. The van der Waals surface area contributed by atoms with Gasteiger partial charge in [-0.3, -0.25) is 9.20 Å². The Morgan fingerprint density at radius 3 is 2.92 bits per heavy atom. The van der Waals surface area contributed by atoms with Crippen LogP contribution < -0.4 is 5.56 Å². The highest BCUT2D eigenvalue weighted by molar-refractivity contribution is 7.15. The number of fused-ring (bicyclic) bond motifs is 1. The molecule has 2 aromatic rings. The van der Waals surface area contributed by atoms with Gasteiger partial charge < -0.3 is 0 Å². The van der Waals surface area contributed by atoms with Crippen LogP contribution in [-0.4, -0.2) is 4.40 Å². The number of hydrogen-bond acceptors (Lipinski definition) is 2. The first-order valence-electron chi connectivity index (χ1n) is 3.45. The molecule has 12 heavy (non-hydrogen) atoms. The highest BCUT2D eigenvalue weighted by Gasteiger charge is 2.05. The summed E-state index contributed by atoms with van der Waals surface area (Å²) in [7, 11) is 0. The summed E-state index contributed by atoms with van der Waals surface area (Å²) in [6, 6.07) is 2.44. The maximum absolute atomic E-state index is 13.0. The zero-order valence-electron chi connectivity index (χ0n) is 6.37. The minimum absolute atomic E-state index is 0.176. The molecule has 0 amide bonds. The van der Waals surface area contributed by atoms with Crippen LogP contribution in [0, 0.1) is 12.7 Å². The van der Waals surface area contributed by atoms with Gasteiger partial charge in [0.15, 0.2) is 5.82 Å². The SMILES string of the molecule is Cc1csc2c(F)ccc(=O)n12. The summed E-state index contributed by atoms with van der Waals surface area (Å²) in [5, 5.41) is 1.76. The molecule has 0 aromatic carbocycles. The van der Waals surface area contributed by atoms with E-state index in [0.29, 0.717) is 4.83 Å². The molecule has 2 heterocycles. The van der Waals surface area contributed by atoms with Gasteiger partial charge in [-0.15, -0.1) is 11.3 Å². The lowest BCUT2D eigenvalue weighted by atomic mass is 10.4. The monoisotopic (exact) mass is 183 g/mol. The second-order valence-electron chi connectivity index (χ2n) is 2.54. The van der Waals surface area contributed by atoms with Crippen LogP contribution in [0.5, 0.6) is 0 Å². The van der Waals surface area contributed by atoms with Crippen molar-refractivity contribution in [2.45, 2.75) is 6.92 Å². The highest BCUT2D eigenvalue weighted by atomic mass is 32.1. The Bertz CT molecular complexity index is 485. The van der Waals surface area contributed by atoms with Gasteiger partial charge in [-0.1, -0.05) is 0 Å². The fourth-order valence-electron chi connectivity index (χ4n) is 1.13. The van der Waals surface area contributed by atoms with E-state index in [9.17, 15) is 9.18 Å². The molecule has 0 spiro atoms. The fraction of sp³-hybridized carbons (Fsp3) is 0.125. The molecule has 0 saturated carbocycles. The van der Waals surface area contributed by atoms with E-state index in [1.165, 1.54) is 27.9 Å². The number of nitrogens with zero attached hydrogens (tertiary/aromatic N) is 1. The van der Waals surface area contributed by atoms with E-state index >= 15 is 0 Å². The van der Waals surface area contributed by atoms with Gasteiger partial charge in [0, 0.05) is 17.1 Å². The minimum atomic E-state index is -0.340. The van der Waals surface area contributed by atoms with Crippen molar-refractivity contribution in [3.05, 3.63) is 39.4 Å². The minimum Gasteiger partial charge on any atom is -0.269 e. The van der Waals surface area contributed by atoms with Gasteiger partial charge in [0.2, 0.25) is 0 Å². The summed E-state index contributed by atoms with van der Waals surface area (Å²) < 4.78 is 14.4. The lowest BCUT2D eigenvalue weighted by Gasteiger charge is -1.94. The highest BCUT2D eigenvalue weighted by Crippen LogP contribution is 2.16. The summed E-state index contributed by atoms with van der Waals surface area (Å²) in [6.45, 7) is 1.78. The molecule has 0 aliphatic rings. The average molecular weight is 183 g/mol. The molecule has 2 rings (SSSR count). The largest absolute Gasteiger partial charge is 0.269 e. The van der Waals surface area contributed by atoms with Crippen LogP contribution in [0.4, 0.5) is 4.39 Å². The molecule has 0 aliphatic carbocycles. The van der Waals surface area contributed by atoms with Crippen molar-refractivity contribution in [2.75, 3.05) is 0 Å². The molecule has 0 radical (unpaired) electrons. The van der Waals surface area contributed by atoms with E-state index in [1.807, 2.05) is 0 Å². The van der Waals surface area contributed by atoms with Crippen molar-refractivity contribution in [3.63, 3.8) is 0 Å². The van der Waals surface area contributed by atoms with Gasteiger partial charge >= 0.3 is 0 Å². The van der Waals surface area contributed by atoms with E-state index in [2.05, 4.69) is 0 Å². The van der Waals surface area contributed by atoms with Crippen molar-refractivity contribution in [1.82, 2.24) is 4.40 Å². The molecule has 0 saturated heterocycles. The number of hydrogen-bond donors (Lipinski definition) is 0. The first kappa shape index (κ1) is 7.49. The van der Waals surface area contributed by atoms with Crippen LogP contribution in [0.3, 0.4) is 0 Å². The Morgan fingerprint density at radius 1 is 1.50 bits per heavy atom. The summed E-state index contributed by atoms with van der Waals surface area (Å²) in [6.07, 6.45) is 0. The molecule has 2 aromatic heterocycles. The maximum atomic E-state index is 13.0. The van der Waals surface area contributed by atoms with Gasteiger partial charge in [-0.2, -0.15) is 0 Å². The third kappa shape index (κ3) is 0.881. The number of pyridine rings is 1. The van der Waals surface area contributed by atoms with Crippen LogP contribution >= 0.6 is 11.3 Å². The Morgan fingerprint density at radius 2 is 2.25 bits per heavy atom. The molecule has 62 valence electrons. The van der Waals surface area contributed by atoms with E-state index < -0.39 is 0 Å². The number of aromatic nitrogens is 1. The Kier molecular flexibility index (Phi) is 1.51. The third-order valence-electron chi connectivity index (χ3n) is 1.69. The number of rotatable bonds is 0. The molecule has 0 aliphatic heterocycles. The second kappa shape index (κ2) is 2.42. The average Bonchev–Trinajstić information content (AvgIpc) is 2.42. The summed E-state index contributed by atoms with van der Waals surface area (Å²) in [5.74, 6) is -0.340. The topological polar surface area (TPSA) is 21.5 Å². The Labute approximate surface area is 71.9 Å². The van der Waals surface area contributed by atoms with Crippen LogP contribution in [0.1, 0.15) is 5.69 Å². The predicted octanol–water partition coefficient (Wildman–Crippen LogP) is 1.81. The second-order valence-corrected chi connectivity index (χ2v) is 3.40. The maximum Gasteiger partial charge on any atom is 0.256 e. The van der Waals surface area contributed by atoms with Gasteiger partial charge in [-0.25, -0.2) is 4.39 Å². The van der Waals surface area contributed by atoms with E-state index in [0.717, 1.165) is 5.69 Å². The van der Waals surface area contributed by atoms with Gasteiger partial charge in [0.1, 0.15) is 4.83 Å². The summed E-state index contributed by atoms with van der Waals surface area (Å²) in [5.41, 5.74) is 0.602. The van der Waals surface area contributed by atoms with Gasteiger partial charge in [0.25, 0.3) is 5.56 Å². The lowest BCUT2D eigenvalue weighted by molar-refractivity contribution is 0.633. The Hall–Kier alpha value is -1.16. The van der Waals surface area contributed by atoms with E-state index in [-0.39, 0.29) is 11.4 Å². The standard InChI is InChI=1S/C8H6FNOS/c1-5-4-12-8-6(9)2-3-7(11)10(5)8/h2-4H,1H3. The van der Waals surface area contributed by atoms with E-state index in [4.69, 9.17) is 0 Å². The first-order valence-corrected chi connectivity index (χ1v) is 4.33. The van der Waals surface area contributed by atoms with E-state index in [1.54, 1.807) is 12.3 Å². The predicted molar refractivity (Wildman–Crippen MR) is 46.2 cm³/mol. The molecule has 0 bridgehead atoms. The van der Waals surface area contributed by atoms with Crippen molar-refractivity contribution in [3.8, 4) is 0 Å². The smallest absolute Gasteiger partial charge is 0.256 e. The van der Waals surface area contributed by atoms with Crippen LogP contribution in [0.2, 0.25) is 0 Å².